The number of hydrazone groups is 1. The quantitative estimate of drug-likeness (QED) is 0.179. The van der Waals surface area contributed by atoms with Crippen LogP contribution in [0, 0.1) is 12.7 Å². The Hall–Kier alpha value is -1.38. The van der Waals surface area contributed by atoms with Crippen molar-refractivity contribution in [1.29, 1.82) is 0 Å². The fourth-order valence-electron chi connectivity index (χ4n) is 1.06. The molecule has 0 spiro atoms. The number of aryl methyl sites for hydroxylation is 1. The van der Waals surface area contributed by atoms with Gasteiger partial charge in [0.05, 0.1) is 28.4 Å². The molecule has 86 valence electrons. The molecule has 0 heterocycles. The van der Waals surface area contributed by atoms with E-state index in [-0.39, 0.29) is 11.5 Å². The monoisotopic (exact) mass is 336 g/mol. The molecule has 0 bridgehead atoms. The minimum Gasteiger partial charge on any atom is -0.320 e. The maximum atomic E-state index is 13.4. The van der Waals surface area contributed by atoms with Crippen LogP contribution in [0.1, 0.15) is 15.9 Å². The van der Waals surface area contributed by atoms with Crippen molar-refractivity contribution in [2.45, 2.75) is 6.92 Å². The Balaban J connectivity index is 2.89. The lowest BCUT2D eigenvalue weighted by Gasteiger charge is -2.06. The zero-order valence-corrected chi connectivity index (χ0v) is 10.6. The van der Waals surface area contributed by atoms with E-state index in [9.17, 15) is 9.18 Å². The van der Waals surface area contributed by atoms with Crippen LogP contribution in [0.15, 0.2) is 23.3 Å². The molecule has 0 aromatic heterocycles. The average Bonchev–Trinajstić information content (AvgIpc) is 2.25. The van der Waals surface area contributed by atoms with Crippen molar-refractivity contribution in [2.75, 3.05) is 0 Å². The summed E-state index contributed by atoms with van der Waals surface area (Å²) in [5, 5.41) is 5.58. The summed E-state index contributed by atoms with van der Waals surface area (Å²) in [5.41, 5.74) is 0.687. The Bertz CT molecular complexity index is 436. The van der Waals surface area contributed by atoms with Gasteiger partial charge >= 0.3 is 0 Å². The summed E-state index contributed by atoms with van der Waals surface area (Å²) < 4.78 is 15.9. The Kier molecular flexibility index (Phi) is 4.47. The van der Waals surface area contributed by atoms with Crippen molar-refractivity contribution < 1.29 is 9.18 Å². The number of amides is 1. The minimum atomic E-state index is -0.606. The van der Waals surface area contributed by atoms with Crippen LogP contribution in [0.2, 0.25) is 0 Å². The highest BCUT2D eigenvalue weighted by atomic mass is 127. The highest BCUT2D eigenvalue weighted by Crippen LogP contribution is 2.09. The number of rotatable bonds is 1. The first kappa shape index (κ1) is 12.7. The molecule has 0 fully saturated rings. The van der Waals surface area contributed by atoms with Gasteiger partial charge in [-0.2, -0.15) is 0 Å². The molecule has 0 aliphatic rings. The molecule has 0 aliphatic heterocycles. The second-order valence-corrected chi connectivity index (χ2v) is 3.55. The third-order valence-electron chi connectivity index (χ3n) is 1.82. The largest absolute Gasteiger partial charge is 0.320 e. The van der Waals surface area contributed by atoms with Gasteiger partial charge in [-0.1, -0.05) is 6.07 Å². The predicted octanol–water partition coefficient (Wildman–Crippen LogP) is 1.03. The first-order valence-electron chi connectivity index (χ1n) is 4.30. The zero-order valence-electron chi connectivity index (χ0n) is 8.42. The van der Waals surface area contributed by atoms with E-state index in [4.69, 9.17) is 5.84 Å². The zero-order chi connectivity index (χ0) is 12.1. The molecule has 0 unspecified atom stereocenters. The number of halogens is 2. The SMILES string of the molecule is Cc1ccc(C(=O)N/C(=N/N)NI)c(F)c1. The number of guanidine groups is 1. The van der Waals surface area contributed by atoms with Crippen molar-refractivity contribution in [3.63, 3.8) is 0 Å². The molecular formula is C9H10FIN4O. The van der Waals surface area contributed by atoms with Crippen molar-refractivity contribution >= 4 is 34.7 Å². The summed E-state index contributed by atoms with van der Waals surface area (Å²) in [6.45, 7) is 1.74. The average molecular weight is 336 g/mol. The second kappa shape index (κ2) is 5.64. The second-order valence-electron chi connectivity index (χ2n) is 3.01. The molecule has 16 heavy (non-hydrogen) atoms. The van der Waals surface area contributed by atoms with E-state index in [0.29, 0.717) is 0 Å². The van der Waals surface area contributed by atoms with E-state index in [2.05, 4.69) is 13.9 Å². The topological polar surface area (TPSA) is 79.5 Å². The third-order valence-corrected chi connectivity index (χ3v) is 2.33. The molecule has 1 rings (SSSR count). The number of hydrogen-bond acceptors (Lipinski definition) is 3. The number of nitrogens with two attached hydrogens (primary N) is 1. The lowest BCUT2D eigenvalue weighted by molar-refractivity contribution is 0.0972. The van der Waals surface area contributed by atoms with Crippen molar-refractivity contribution in [3.05, 3.63) is 35.1 Å². The summed E-state index contributed by atoms with van der Waals surface area (Å²) in [4.78, 5) is 11.6. The van der Waals surface area contributed by atoms with Gasteiger partial charge in [0.2, 0.25) is 5.96 Å². The molecule has 0 saturated heterocycles. The molecular weight excluding hydrogens is 326 g/mol. The smallest absolute Gasteiger partial charge is 0.260 e. The van der Waals surface area contributed by atoms with E-state index < -0.39 is 11.7 Å². The number of nitrogens with zero attached hydrogens (tertiary/aromatic N) is 1. The molecule has 4 N–H and O–H groups in total. The molecule has 1 aromatic carbocycles. The molecule has 0 saturated carbocycles. The fourth-order valence-corrected chi connectivity index (χ4v) is 1.33. The van der Waals surface area contributed by atoms with Gasteiger partial charge in [-0.05, 0) is 24.6 Å². The maximum Gasteiger partial charge on any atom is 0.260 e. The normalized spacial score (nSPS) is 11.1. The minimum absolute atomic E-state index is 0.0570. The Morgan fingerprint density at radius 3 is 2.75 bits per heavy atom. The summed E-state index contributed by atoms with van der Waals surface area (Å²) in [6.07, 6.45) is 0. The van der Waals surface area contributed by atoms with Gasteiger partial charge in [0.15, 0.2) is 0 Å². The van der Waals surface area contributed by atoms with E-state index in [1.54, 1.807) is 35.9 Å². The molecule has 1 aromatic rings. The highest BCUT2D eigenvalue weighted by Gasteiger charge is 2.12. The van der Waals surface area contributed by atoms with Crippen molar-refractivity contribution in [3.8, 4) is 0 Å². The standard InChI is InChI=1S/C9H10FIN4O/c1-5-2-3-6(7(10)4-5)8(16)13-9(14-11)15-12/h2-4H,12H2,1H3,(H2,13,14,15,16). The molecule has 0 radical (unpaired) electrons. The van der Waals surface area contributed by atoms with Crippen molar-refractivity contribution in [2.24, 2.45) is 10.9 Å². The van der Waals surface area contributed by atoms with E-state index >= 15 is 0 Å². The number of carbonyl (C=O) groups is 1. The van der Waals surface area contributed by atoms with E-state index in [1.807, 2.05) is 0 Å². The van der Waals surface area contributed by atoms with Gasteiger partial charge in [0.1, 0.15) is 5.82 Å². The third kappa shape index (κ3) is 3.05. The lowest BCUT2D eigenvalue weighted by atomic mass is 10.1. The van der Waals surface area contributed by atoms with Crippen LogP contribution in [-0.4, -0.2) is 11.9 Å². The van der Waals surface area contributed by atoms with Crippen LogP contribution in [0.4, 0.5) is 4.39 Å². The van der Waals surface area contributed by atoms with Gasteiger partial charge in [-0.25, -0.2) is 4.39 Å². The van der Waals surface area contributed by atoms with Crippen LogP contribution in [0.5, 0.6) is 0 Å². The predicted molar refractivity (Wildman–Crippen MR) is 67.4 cm³/mol. The summed E-state index contributed by atoms with van der Waals surface area (Å²) in [7, 11) is 0. The van der Waals surface area contributed by atoms with Crippen LogP contribution in [0.25, 0.3) is 0 Å². The van der Waals surface area contributed by atoms with Gasteiger partial charge < -0.3 is 5.84 Å². The first-order valence-corrected chi connectivity index (χ1v) is 5.38. The van der Waals surface area contributed by atoms with Crippen molar-refractivity contribution in [1.82, 2.24) is 8.85 Å². The Morgan fingerprint density at radius 2 is 2.25 bits per heavy atom. The maximum absolute atomic E-state index is 13.4. The van der Waals surface area contributed by atoms with E-state index in [1.165, 1.54) is 12.1 Å². The Labute approximate surface area is 106 Å². The molecule has 5 nitrogen and oxygen atoms in total. The molecule has 7 heteroatoms. The Morgan fingerprint density at radius 1 is 1.56 bits per heavy atom. The number of carbonyl (C=O) groups excluding carboxylic acids is 1. The first-order chi connectivity index (χ1) is 7.58. The summed E-state index contributed by atoms with van der Waals surface area (Å²) in [6, 6.07) is 4.34. The van der Waals surface area contributed by atoms with Crippen LogP contribution in [-0.2, 0) is 0 Å². The molecule has 1 amide bonds. The number of hydrogen-bond donors (Lipinski definition) is 3. The highest BCUT2D eigenvalue weighted by molar-refractivity contribution is 14.1. The molecule has 0 atom stereocenters. The molecule has 0 aliphatic carbocycles. The van der Waals surface area contributed by atoms with E-state index in [0.717, 1.165) is 5.56 Å². The van der Waals surface area contributed by atoms with Gasteiger partial charge in [-0.15, -0.1) is 5.10 Å². The van der Waals surface area contributed by atoms with Crippen LogP contribution in [0.3, 0.4) is 0 Å². The van der Waals surface area contributed by atoms with Gasteiger partial charge in [-0.3, -0.25) is 13.6 Å². The number of nitrogens with one attached hydrogen (secondary N) is 2. The summed E-state index contributed by atoms with van der Waals surface area (Å²) >= 11 is 1.75. The summed E-state index contributed by atoms with van der Waals surface area (Å²) in [5.74, 6) is 3.86. The number of benzene rings is 1. The van der Waals surface area contributed by atoms with Crippen LogP contribution < -0.4 is 14.7 Å². The van der Waals surface area contributed by atoms with Crippen LogP contribution >= 0.6 is 22.9 Å². The van der Waals surface area contributed by atoms with Gasteiger partial charge in [0, 0.05) is 0 Å². The lowest BCUT2D eigenvalue weighted by Crippen LogP contribution is -2.37. The fraction of sp³-hybridized carbons (Fsp3) is 0.111. The van der Waals surface area contributed by atoms with Gasteiger partial charge in [0.25, 0.3) is 5.91 Å².